The Balaban J connectivity index is 1.57. The van der Waals surface area contributed by atoms with E-state index in [9.17, 15) is 14.4 Å². The molecule has 0 bridgehead atoms. The molecule has 0 atom stereocenters. The minimum atomic E-state index is -0.650. The maximum absolute atomic E-state index is 12.4. The Labute approximate surface area is 192 Å². The van der Waals surface area contributed by atoms with Gasteiger partial charge >= 0.3 is 5.97 Å². The van der Waals surface area contributed by atoms with Gasteiger partial charge in [-0.15, -0.1) is 0 Å². The van der Waals surface area contributed by atoms with Gasteiger partial charge in [0.25, 0.3) is 0 Å². The summed E-state index contributed by atoms with van der Waals surface area (Å²) in [7, 11) is 1.48. The topological polar surface area (TPSA) is 90.9 Å². The highest BCUT2D eigenvalue weighted by Gasteiger charge is 2.15. The van der Waals surface area contributed by atoms with E-state index in [-0.39, 0.29) is 17.3 Å². The van der Waals surface area contributed by atoms with Crippen LogP contribution in [0.4, 0.5) is 5.69 Å². The molecule has 3 aromatic carbocycles. The van der Waals surface area contributed by atoms with Gasteiger partial charge in [0, 0.05) is 17.7 Å². The fourth-order valence-corrected chi connectivity index (χ4v) is 2.94. The molecule has 170 valence electrons. The Bertz CT molecular complexity index is 1110. The standard InChI is InChI=1S/C26H25NO6/c1-3-25(29)27-21-12-9-19(10-13-21)22(28)17-33-26(30)20-11-14-23(24(15-20)31-2)32-16-18-7-5-4-6-8-18/h4-15H,3,16-17H2,1-2H3,(H,27,29). The monoisotopic (exact) mass is 447 g/mol. The van der Waals surface area contributed by atoms with E-state index in [4.69, 9.17) is 14.2 Å². The maximum atomic E-state index is 12.4. The van der Waals surface area contributed by atoms with Gasteiger partial charge in [0.1, 0.15) is 6.61 Å². The molecule has 0 aliphatic heterocycles. The maximum Gasteiger partial charge on any atom is 0.338 e. The highest BCUT2D eigenvalue weighted by Crippen LogP contribution is 2.29. The van der Waals surface area contributed by atoms with Crippen LogP contribution in [0.3, 0.4) is 0 Å². The largest absolute Gasteiger partial charge is 0.493 e. The number of ketones is 1. The van der Waals surface area contributed by atoms with Gasteiger partial charge in [0.15, 0.2) is 23.9 Å². The average molecular weight is 447 g/mol. The Kier molecular flexibility index (Phi) is 8.18. The number of methoxy groups -OCH3 is 1. The van der Waals surface area contributed by atoms with Gasteiger partial charge in [0.2, 0.25) is 5.91 Å². The molecule has 0 heterocycles. The lowest BCUT2D eigenvalue weighted by Gasteiger charge is -2.12. The van der Waals surface area contributed by atoms with Crippen LogP contribution >= 0.6 is 0 Å². The minimum absolute atomic E-state index is 0.116. The molecular weight excluding hydrogens is 422 g/mol. The first-order chi connectivity index (χ1) is 16.0. The van der Waals surface area contributed by atoms with Crippen molar-refractivity contribution in [3.8, 4) is 11.5 Å². The fraction of sp³-hybridized carbons (Fsp3) is 0.192. The molecule has 0 aliphatic rings. The van der Waals surface area contributed by atoms with E-state index in [0.29, 0.717) is 35.8 Å². The smallest absolute Gasteiger partial charge is 0.338 e. The molecule has 0 unspecified atom stereocenters. The Hall–Kier alpha value is -4.13. The summed E-state index contributed by atoms with van der Waals surface area (Å²) in [6.45, 7) is 1.70. The van der Waals surface area contributed by atoms with Crippen LogP contribution in [0.5, 0.6) is 11.5 Å². The van der Waals surface area contributed by atoms with Gasteiger partial charge in [-0.2, -0.15) is 0 Å². The molecule has 3 rings (SSSR count). The molecule has 0 aliphatic carbocycles. The van der Waals surface area contributed by atoms with Crippen LogP contribution in [0.25, 0.3) is 0 Å². The number of benzene rings is 3. The van der Waals surface area contributed by atoms with Gasteiger partial charge in [-0.3, -0.25) is 9.59 Å². The Morgan fingerprint density at radius 3 is 2.21 bits per heavy atom. The lowest BCUT2D eigenvalue weighted by molar-refractivity contribution is -0.115. The van der Waals surface area contributed by atoms with Crippen LogP contribution in [-0.2, 0) is 16.1 Å². The van der Waals surface area contributed by atoms with Crippen LogP contribution < -0.4 is 14.8 Å². The Morgan fingerprint density at radius 1 is 0.848 bits per heavy atom. The zero-order valence-electron chi connectivity index (χ0n) is 18.5. The number of anilines is 1. The molecule has 0 radical (unpaired) electrons. The number of esters is 1. The number of carbonyl (C=O) groups is 3. The van der Waals surface area contributed by atoms with E-state index in [1.807, 2.05) is 30.3 Å². The van der Waals surface area contributed by atoms with Gasteiger partial charge in [0.05, 0.1) is 12.7 Å². The number of hydrogen-bond acceptors (Lipinski definition) is 6. The van der Waals surface area contributed by atoms with E-state index >= 15 is 0 Å². The predicted octanol–water partition coefficient (Wildman–Crippen LogP) is 4.66. The van der Waals surface area contributed by atoms with Crippen molar-refractivity contribution in [3.63, 3.8) is 0 Å². The first-order valence-electron chi connectivity index (χ1n) is 10.4. The highest BCUT2D eigenvalue weighted by molar-refractivity contribution is 6.00. The summed E-state index contributed by atoms with van der Waals surface area (Å²) in [5.41, 5.74) is 2.21. The van der Waals surface area contributed by atoms with Crippen LogP contribution in [0.1, 0.15) is 39.6 Å². The Morgan fingerprint density at radius 2 is 1.55 bits per heavy atom. The van der Waals surface area contributed by atoms with Crippen molar-refractivity contribution < 1.29 is 28.6 Å². The molecule has 33 heavy (non-hydrogen) atoms. The summed E-state index contributed by atoms with van der Waals surface area (Å²) in [4.78, 5) is 36.2. The van der Waals surface area contributed by atoms with Crippen LogP contribution in [0, 0.1) is 0 Å². The molecule has 0 spiro atoms. The zero-order chi connectivity index (χ0) is 23.6. The summed E-state index contributed by atoms with van der Waals surface area (Å²) in [5.74, 6) is -0.245. The third-order valence-electron chi connectivity index (χ3n) is 4.78. The molecule has 1 N–H and O–H groups in total. The summed E-state index contributed by atoms with van der Waals surface area (Å²) in [6.07, 6.45) is 0.363. The van der Waals surface area contributed by atoms with Gasteiger partial charge in [-0.25, -0.2) is 4.79 Å². The fourth-order valence-electron chi connectivity index (χ4n) is 2.94. The summed E-state index contributed by atoms with van der Waals surface area (Å²) < 4.78 is 16.3. The van der Waals surface area contributed by atoms with Crippen molar-refractivity contribution in [3.05, 3.63) is 89.5 Å². The van der Waals surface area contributed by atoms with Gasteiger partial charge in [-0.05, 0) is 48.0 Å². The molecule has 0 saturated carbocycles. The lowest BCUT2D eigenvalue weighted by atomic mass is 10.1. The number of ether oxygens (including phenoxy) is 3. The van der Waals surface area contributed by atoms with Gasteiger partial charge < -0.3 is 19.5 Å². The summed E-state index contributed by atoms with van der Waals surface area (Å²) in [6, 6.07) is 20.8. The summed E-state index contributed by atoms with van der Waals surface area (Å²) >= 11 is 0. The quantitative estimate of drug-likeness (QED) is 0.359. The van der Waals surface area contributed by atoms with E-state index in [1.54, 1.807) is 43.3 Å². The van der Waals surface area contributed by atoms with Crippen molar-refractivity contribution in [1.29, 1.82) is 0 Å². The molecule has 0 aromatic heterocycles. The molecular formula is C26H25NO6. The number of Topliss-reactive ketones (excluding diaryl/α,β-unsaturated/α-hetero) is 1. The molecule has 0 saturated heterocycles. The third kappa shape index (κ3) is 6.67. The average Bonchev–Trinajstić information content (AvgIpc) is 2.86. The first-order valence-corrected chi connectivity index (χ1v) is 10.4. The van der Waals surface area contributed by atoms with Crippen molar-refractivity contribution in [2.75, 3.05) is 19.0 Å². The normalized spacial score (nSPS) is 10.2. The number of nitrogens with one attached hydrogen (secondary N) is 1. The number of carbonyl (C=O) groups excluding carboxylic acids is 3. The molecule has 0 fully saturated rings. The lowest BCUT2D eigenvalue weighted by Crippen LogP contribution is -2.15. The minimum Gasteiger partial charge on any atom is -0.493 e. The molecule has 3 aromatic rings. The SMILES string of the molecule is CCC(=O)Nc1ccc(C(=O)COC(=O)c2ccc(OCc3ccccc3)c(OC)c2)cc1. The van der Waals surface area contributed by atoms with Crippen LogP contribution in [0.15, 0.2) is 72.8 Å². The second-order valence-electron chi connectivity index (χ2n) is 7.12. The second-order valence-corrected chi connectivity index (χ2v) is 7.12. The number of hydrogen-bond donors (Lipinski definition) is 1. The number of amides is 1. The van der Waals surface area contributed by atoms with Crippen molar-refractivity contribution in [2.24, 2.45) is 0 Å². The van der Waals surface area contributed by atoms with Crippen molar-refractivity contribution >= 4 is 23.3 Å². The molecule has 1 amide bonds. The highest BCUT2D eigenvalue weighted by atomic mass is 16.5. The predicted molar refractivity (Wildman–Crippen MR) is 124 cm³/mol. The number of rotatable bonds is 10. The van der Waals surface area contributed by atoms with E-state index in [2.05, 4.69) is 5.32 Å². The molecule has 7 heteroatoms. The van der Waals surface area contributed by atoms with E-state index in [0.717, 1.165) is 5.56 Å². The van der Waals surface area contributed by atoms with Crippen LogP contribution in [0.2, 0.25) is 0 Å². The second kappa shape index (κ2) is 11.5. The van der Waals surface area contributed by atoms with E-state index < -0.39 is 12.6 Å². The van der Waals surface area contributed by atoms with Crippen LogP contribution in [-0.4, -0.2) is 31.4 Å². The van der Waals surface area contributed by atoms with E-state index in [1.165, 1.54) is 13.2 Å². The zero-order valence-corrected chi connectivity index (χ0v) is 18.5. The van der Waals surface area contributed by atoms with Crippen molar-refractivity contribution in [1.82, 2.24) is 0 Å². The molecule has 7 nitrogen and oxygen atoms in total. The summed E-state index contributed by atoms with van der Waals surface area (Å²) in [5, 5.41) is 2.71. The van der Waals surface area contributed by atoms with Crippen molar-refractivity contribution in [2.45, 2.75) is 20.0 Å². The third-order valence-corrected chi connectivity index (χ3v) is 4.78. The first kappa shape index (κ1) is 23.5. The van der Waals surface area contributed by atoms with Gasteiger partial charge in [-0.1, -0.05) is 37.3 Å².